The van der Waals surface area contributed by atoms with Crippen molar-refractivity contribution in [2.24, 2.45) is 0 Å². The van der Waals surface area contributed by atoms with E-state index in [-0.39, 0.29) is 11.7 Å². The molecule has 0 N–H and O–H groups in total. The van der Waals surface area contributed by atoms with Crippen molar-refractivity contribution in [1.82, 2.24) is 9.80 Å². The molecule has 1 aromatic rings. The third-order valence-electron chi connectivity index (χ3n) is 4.26. The smallest absolute Gasteiger partial charge is 0.223 e. The third-order valence-corrected chi connectivity index (χ3v) is 4.26. The van der Waals surface area contributed by atoms with Crippen molar-refractivity contribution in [3.8, 4) is 0 Å². The van der Waals surface area contributed by atoms with Crippen LogP contribution < -0.4 is 0 Å². The summed E-state index contributed by atoms with van der Waals surface area (Å²) in [6.45, 7) is 5.81. The lowest BCUT2D eigenvalue weighted by molar-refractivity contribution is -0.130. The number of rotatable bonds is 6. The van der Waals surface area contributed by atoms with E-state index in [9.17, 15) is 9.18 Å². The Labute approximate surface area is 131 Å². The lowest BCUT2D eigenvalue weighted by Gasteiger charge is -2.27. The fourth-order valence-electron chi connectivity index (χ4n) is 2.85. The van der Waals surface area contributed by atoms with Crippen LogP contribution in [0, 0.1) is 5.82 Å². The van der Waals surface area contributed by atoms with Gasteiger partial charge in [-0.05, 0) is 31.0 Å². The van der Waals surface area contributed by atoms with Crippen LogP contribution in [0.5, 0.6) is 0 Å². The highest BCUT2D eigenvalue weighted by molar-refractivity contribution is 5.76. The highest BCUT2D eigenvalue weighted by Gasteiger charge is 2.23. The van der Waals surface area contributed by atoms with E-state index in [1.165, 1.54) is 12.1 Å². The molecule has 0 unspecified atom stereocenters. The van der Waals surface area contributed by atoms with Gasteiger partial charge in [0, 0.05) is 45.8 Å². The van der Waals surface area contributed by atoms with Gasteiger partial charge in [0.15, 0.2) is 0 Å². The van der Waals surface area contributed by atoms with E-state index in [4.69, 9.17) is 4.74 Å². The van der Waals surface area contributed by atoms with Gasteiger partial charge in [-0.2, -0.15) is 0 Å². The number of hydrogen-bond acceptors (Lipinski definition) is 3. The fourth-order valence-corrected chi connectivity index (χ4v) is 2.85. The zero-order chi connectivity index (χ0) is 15.9. The minimum atomic E-state index is -0.203. The fraction of sp³-hybridized carbons (Fsp3) is 0.588. The Balaban J connectivity index is 1.89. The first-order valence-corrected chi connectivity index (χ1v) is 7.85. The van der Waals surface area contributed by atoms with E-state index in [2.05, 4.69) is 11.8 Å². The van der Waals surface area contributed by atoms with E-state index >= 15 is 0 Å². The molecular weight excluding hydrogens is 283 g/mol. The molecule has 0 aliphatic carbocycles. The number of carbonyl (C=O) groups excluding carboxylic acids is 1. The Kier molecular flexibility index (Phi) is 6.34. The number of ether oxygens (including phenoxy) is 1. The van der Waals surface area contributed by atoms with Gasteiger partial charge in [0.2, 0.25) is 5.91 Å². The summed E-state index contributed by atoms with van der Waals surface area (Å²) in [6, 6.07) is 7.00. The molecule has 1 aliphatic heterocycles. The van der Waals surface area contributed by atoms with Crippen LogP contribution in [0.25, 0.3) is 0 Å². The molecule has 0 saturated carbocycles. The zero-order valence-corrected chi connectivity index (χ0v) is 13.4. The molecule has 1 aromatic carbocycles. The predicted molar refractivity (Wildman–Crippen MR) is 84.2 cm³/mol. The maximum absolute atomic E-state index is 13.0. The van der Waals surface area contributed by atoms with E-state index in [0.717, 1.165) is 31.6 Å². The molecule has 22 heavy (non-hydrogen) atoms. The molecule has 1 amide bonds. The molecule has 0 radical (unpaired) electrons. The van der Waals surface area contributed by atoms with E-state index in [0.29, 0.717) is 25.6 Å². The molecule has 1 aliphatic rings. The lowest BCUT2D eigenvalue weighted by Crippen LogP contribution is -2.39. The van der Waals surface area contributed by atoms with Crippen LogP contribution >= 0.6 is 0 Å². The average molecular weight is 308 g/mol. The zero-order valence-electron chi connectivity index (χ0n) is 13.4. The number of nitrogens with zero attached hydrogens (tertiary/aromatic N) is 2. The first-order valence-electron chi connectivity index (χ1n) is 7.85. The summed E-state index contributed by atoms with van der Waals surface area (Å²) in [5, 5.41) is 0. The quantitative estimate of drug-likeness (QED) is 0.805. The van der Waals surface area contributed by atoms with Crippen molar-refractivity contribution >= 4 is 5.91 Å². The van der Waals surface area contributed by atoms with Crippen molar-refractivity contribution in [1.29, 1.82) is 0 Å². The van der Waals surface area contributed by atoms with Crippen molar-refractivity contribution in [3.05, 3.63) is 35.6 Å². The molecule has 4 nitrogen and oxygen atoms in total. The van der Waals surface area contributed by atoms with Crippen LogP contribution in [-0.2, 0) is 16.0 Å². The van der Waals surface area contributed by atoms with Crippen molar-refractivity contribution < 1.29 is 13.9 Å². The second-order valence-corrected chi connectivity index (χ2v) is 5.84. The second-order valence-electron chi connectivity index (χ2n) is 5.84. The summed E-state index contributed by atoms with van der Waals surface area (Å²) >= 11 is 0. The predicted octanol–water partition coefficient (Wildman–Crippen LogP) is 1.94. The second kappa shape index (κ2) is 8.25. The molecule has 0 bridgehead atoms. The standard InChI is InChI=1S/C17H25FN2O2/c1-14(13-15-3-5-16(18)6-4-15)19-8-7-17(21)20(10-9-19)11-12-22-2/h3-6,14H,7-13H2,1-2H3/t14-/m1/s1. The Morgan fingerprint density at radius 1 is 1.23 bits per heavy atom. The molecule has 5 heteroatoms. The summed E-state index contributed by atoms with van der Waals surface area (Å²) in [4.78, 5) is 16.3. The van der Waals surface area contributed by atoms with Gasteiger partial charge in [-0.15, -0.1) is 0 Å². The Morgan fingerprint density at radius 3 is 2.64 bits per heavy atom. The van der Waals surface area contributed by atoms with Crippen LogP contribution in [0.2, 0.25) is 0 Å². The molecular formula is C17H25FN2O2. The molecule has 1 saturated heterocycles. The maximum atomic E-state index is 13.0. The van der Waals surface area contributed by atoms with Gasteiger partial charge < -0.3 is 9.64 Å². The highest BCUT2D eigenvalue weighted by Crippen LogP contribution is 2.13. The van der Waals surface area contributed by atoms with Crippen molar-refractivity contribution in [3.63, 3.8) is 0 Å². The molecule has 1 fully saturated rings. The minimum Gasteiger partial charge on any atom is -0.383 e. The van der Waals surface area contributed by atoms with Crippen molar-refractivity contribution in [2.45, 2.75) is 25.8 Å². The first kappa shape index (κ1) is 16.9. The van der Waals surface area contributed by atoms with E-state index in [1.54, 1.807) is 7.11 Å². The summed E-state index contributed by atoms with van der Waals surface area (Å²) in [6.07, 6.45) is 1.42. The minimum absolute atomic E-state index is 0.202. The van der Waals surface area contributed by atoms with Gasteiger partial charge in [-0.1, -0.05) is 12.1 Å². The van der Waals surface area contributed by atoms with Crippen molar-refractivity contribution in [2.75, 3.05) is 39.9 Å². The molecule has 122 valence electrons. The maximum Gasteiger partial charge on any atom is 0.223 e. The van der Waals surface area contributed by atoms with Gasteiger partial charge >= 0.3 is 0 Å². The Bertz CT molecular complexity index is 478. The van der Waals surface area contributed by atoms with Gasteiger partial charge in [0.25, 0.3) is 0 Å². The number of carbonyl (C=O) groups is 1. The number of amides is 1. The molecule has 2 rings (SSSR count). The monoisotopic (exact) mass is 308 g/mol. The highest BCUT2D eigenvalue weighted by atomic mass is 19.1. The van der Waals surface area contributed by atoms with Gasteiger partial charge in [0.1, 0.15) is 5.82 Å². The number of benzene rings is 1. The summed E-state index contributed by atoms with van der Waals surface area (Å²) < 4.78 is 18.0. The van der Waals surface area contributed by atoms with Crippen LogP contribution in [0.15, 0.2) is 24.3 Å². The van der Waals surface area contributed by atoms with Crippen LogP contribution in [0.4, 0.5) is 4.39 Å². The van der Waals surface area contributed by atoms with Gasteiger partial charge in [0.05, 0.1) is 6.61 Å². The normalized spacial score (nSPS) is 18.3. The third kappa shape index (κ3) is 4.78. The van der Waals surface area contributed by atoms with Crippen LogP contribution in [0.3, 0.4) is 0 Å². The SMILES string of the molecule is COCCN1CCN([C@H](C)Cc2ccc(F)cc2)CCC1=O. The topological polar surface area (TPSA) is 32.8 Å². The van der Waals surface area contributed by atoms with Gasteiger partial charge in [-0.3, -0.25) is 9.69 Å². The summed E-state index contributed by atoms with van der Waals surface area (Å²) in [5.41, 5.74) is 1.13. The molecule has 0 spiro atoms. The average Bonchev–Trinajstić information content (AvgIpc) is 2.69. The lowest BCUT2D eigenvalue weighted by atomic mass is 10.1. The van der Waals surface area contributed by atoms with Gasteiger partial charge in [-0.25, -0.2) is 4.39 Å². The van der Waals surface area contributed by atoms with E-state index < -0.39 is 0 Å². The van der Waals surface area contributed by atoms with Crippen LogP contribution in [0.1, 0.15) is 18.9 Å². The van der Waals surface area contributed by atoms with E-state index in [1.807, 2.05) is 17.0 Å². The number of methoxy groups -OCH3 is 1. The first-order chi connectivity index (χ1) is 10.6. The molecule has 1 atom stereocenters. The summed E-state index contributed by atoms with van der Waals surface area (Å²) in [7, 11) is 1.65. The largest absolute Gasteiger partial charge is 0.383 e. The Hall–Kier alpha value is -1.46. The van der Waals surface area contributed by atoms with Crippen LogP contribution in [-0.4, -0.2) is 61.6 Å². The summed E-state index contributed by atoms with van der Waals surface area (Å²) in [5.74, 6) is -0.000843. The Morgan fingerprint density at radius 2 is 1.95 bits per heavy atom. The number of halogens is 1. The number of hydrogen-bond donors (Lipinski definition) is 0. The molecule has 0 aromatic heterocycles. The molecule has 1 heterocycles.